The molecule has 0 amide bonds. The van der Waals surface area contributed by atoms with Crippen molar-refractivity contribution >= 4 is 23.5 Å². The Bertz CT molecular complexity index is 264. The highest BCUT2D eigenvalue weighted by Gasteiger charge is 2.14. The van der Waals surface area contributed by atoms with Gasteiger partial charge >= 0.3 is 0 Å². The summed E-state index contributed by atoms with van der Waals surface area (Å²) in [7, 11) is 0. The van der Waals surface area contributed by atoms with Crippen molar-refractivity contribution in [3.05, 3.63) is 11.6 Å². The average Bonchev–Trinajstić information content (AvgIpc) is 2.10. The van der Waals surface area contributed by atoms with E-state index in [0.717, 1.165) is 23.5 Å². The molecule has 1 heterocycles. The van der Waals surface area contributed by atoms with Gasteiger partial charge in [0.25, 0.3) is 0 Å². The van der Waals surface area contributed by atoms with Crippen molar-refractivity contribution in [3.63, 3.8) is 0 Å². The van der Waals surface area contributed by atoms with Gasteiger partial charge in [-0.25, -0.2) is 8.78 Å². The van der Waals surface area contributed by atoms with Gasteiger partial charge in [0, 0.05) is 0 Å². The monoisotopic (exact) mass is 208 g/mol. The van der Waals surface area contributed by atoms with Crippen LogP contribution in [0.5, 0.6) is 0 Å². The van der Waals surface area contributed by atoms with Crippen molar-refractivity contribution in [1.29, 1.82) is 0 Å². The van der Waals surface area contributed by atoms with Crippen LogP contribution in [0.2, 0.25) is 0 Å². The molecule has 0 saturated carbocycles. The van der Waals surface area contributed by atoms with E-state index >= 15 is 0 Å². The van der Waals surface area contributed by atoms with Gasteiger partial charge in [0.05, 0.1) is 0 Å². The molecule has 0 N–H and O–H groups in total. The first kappa shape index (κ1) is 9.73. The minimum absolute atomic E-state index is 0.00898. The second-order valence-electron chi connectivity index (χ2n) is 1.85. The van der Waals surface area contributed by atoms with Gasteiger partial charge in [-0.2, -0.15) is 0 Å². The lowest BCUT2D eigenvalue weighted by Gasteiger charge is -2.00. The second kappa shape index (κ2) is 4.04. The zero-order valence-electron chi connectivity index (χ0n) is 6.47. The van der Waals surface area contributed by atoms with E-state index in [1.54, 1.807) is 12.5 Å². The maximum absolute atomic E-state index is 12.9. The molecular formula is C6H6F2N2S2. The van der Waals surface area contributed by atoms with Crippen molar-refractivity contribution in [2.24, 2.45) is 0 Å². The van der Waals surface area contributed by atoms with Crippen LogP contribution in [0.1, 0.15) is 0 Å². The SMILES string of the molecule is CSc1nnc(SC)c(F)c1F. The van der Waals surface area contributed by atoms with E-state index in [1.807, 2.05) is 0 Å². The summed E-state index contributed by atoms with van der Waals surface area (Å²) >= 11 is 2.06. The maximum Gasteiger partial charge on any atom is 0.195 e. The molecule has 0 fully saturated rings. The van der Waals surface area contributed by atoms with Crippen molar-refractivity contribution < 1.29 is 8.78 Å². The number of halogens is 2. The van der Waals surface area contributed by atoms with Gasteiger partial charge in [-0.15, -0.1) is 33.7 Å². The summed E-state index contributed by atoms with van der Waals surface area (Å²) in [6.45, 7) is 0. The van der Waals surface area contributed by atoms with Crippen LogP contribution in [-0.4, -0.2) is 22.7 Å². The van der Waals surface area contributed by atoms with Gasteiger partial charge in [-0.05, 0) is 12.5 Å². The molecule has 1 aromatic rings. The maximum atomic E-state index is 12.9. The van der Waals surface area contributed by atoms with Crippen molar-refractivity contribution in [2.75, 3.05) is 12.5 Å². The number of thioether (sulfide) groups is 2. The predicted octanol–water partition coefficient (Wildman–Crippen LogP) is 2.20. The predicted molar refractivity (Wildman–Crippen MR) is 45.5 cm³/mol. The minimum Gasteiger partial charge on any atom is -0.201 e. The summed E-state index contributed by atoms with van der Waals surface area (Å²) in [5.41, 5.74) is 0. The van der Waals surface area contributed by atoms with Crippen LogP contribution in [0.4, 0.5) is 8.78 Å². The third kappa shape index (κ3) is 1.69. The van der Waals surface area contributed by atoms with Crippen LogP contribution in [0, 0.1) is 11.6 Å². The van der Waals surface area contributed by atoms with E-state index in [9.17, 15) is 8.78 Å². The highest BCUT2D eigenvalue weighted by Crippen LogP contribution is 2.23. The summed E-state index contributed by atoms with van der Waals surface area (Å²) in [5, 5.41) is 6.99. The van der Waals surface area contributed by atoms with Gasteiger partial charge in [0.2, 0.25) is 0 Å². The second-order valence-corrected chi connectivity index (χ2v) is 3.44. The van der Waals surface area contributed by atoms with Crippen molar-refractivity contribution in [1.82, 2.24) is 10.2 Å². The number of hydrogen-bond donors (Lipinski definition) is 0. The minimum atomic E-state index is -0.915. The lowest BCUT2D eigenvalue weighted by molar-refractivity contribution is 0.446. The molecule has 0 radical (unpaired) electrons. The van der Waals surface area contributed by atoms with Crippen LogP contribution in [0.15, 0.2) is 10.1 Å². The molecule has 0 spiro atoms. The van der Waals surface area contributed by atoms with E-state index in [2.05, 4.69) is 10.2 Å². The van der Waals surface area contributed by atoms with Crippen LogP contribution in [-0.2, 0) is 0 Å². The molecule has 0 saturated heterocycles. The molecule has 0 unspecified atom stereocenters. The third-order valence-corrected chi connectivity index (χ3v) is 2.48. The van der Waals surface area contributed by atoms with Crippen LogP contribution >= 0.6 is 23.5 Å². The Hall–Kier alpha value is -0.360. The summed E-state index contributed by atoms with van der Waals surface area (Å²) in [5.74, 6) is -1.83. The Kier molecular flexibility index (Phi) is 3.28. The first-order valence-corrected chi connectivity index (χ1v) is 5.45. The number of rotatable bonds is 2. The largest absolute Gasteiger partial charge is 0.201 e. The zero-order valence-corrected chi connectivity index (χ0v) is 8.10. The van der Waals surface area contributed by atoms with Gasteiger partial charge in [-0.1, -0.05) is 0 Å². The Morgan fingerprint density at radius 2 is 1.25 bits per heavy atom. The molecule has 0 aliphatic carbocycles. The molecule has 2 nitrogen and oxygen atoms in total. The summed E-state index contributed by atoms with van der Waals surface area (Å²) in [4.78, 5) is 0. The zero-order chi connectivity index (χ0) is 9.14. The molecule has 0 aliphatic heterocycles. The smallest absolute Gasteiger partial charge is 0.195 e. The normalized spacial score (nSPS) is 10.3. The first-order chi connectivity index (χ1) is 5.70. The van der Waals surface area contributed by atoms with E-state index in [4.69, 9.17) is 0 Å². The Morgan fingerprint density at radius 3 is 1.50 bits per heavy atom. The standard InChI is InChI=1S/C6H6F2N2S2/c1-11-5-3(7)4(8)6(12-2)10-9-5/h1-2H3. The highest BCUT2D eigenvalue weighted by atomic mass is 32.2. The lowest BCUT2D eigenvalue weighted by atomic mass is 10.5. The van der Waals surface area contributed by atoms with Crippen LogP contribution < -0.4 is 0 Å². The first-order valence-electron chi connectivity index (χ1n) is 3.00. The topological polar surface area (TPSA) is 25.8 Å². The van der Waals surface area contributed by atoms with Crippen molar-refractivity contribution in [3.8, 4) is 0 Å². The summed E-state index contributed by atoms with van der Waals surface area (Å²) < 4.78 is 25.9. The van der Waals surface area contributed by atoms with Crippen molar-refractivity contribution in [2.45, 2.75) is 10.1 Å². The highest BCUT2D eigenvalue weighted by molar-refractivity contribution is 7.98. The van der Waals surface area contributed by atoms with Gasteiger partial charge in [0.15, 0.2) is 21.7 Å². The number of aromatic nitrogens is 2. The number of nitrogens with zero attached hydrogens (tertiary/aromatic N) is 2. The van der Waals surface area contributed by atoms with E-state index < -0.39 is 11.6 Å². The molecular weight excluding hydrogens is 202 g/mol. The van der Waals surface area contributed by atoms with E-state index in [0.29, 0.717) is 0 Å². The van der Waals surface area contributed by atoms with E-state index in [-0.39, 0.29) is 10.1 Å². The van der Waals surface area contributed by atoms with Crippen LogP contribution in [0.3, 0.4) is 0 Å². The fourth-order valence-corrected chi connectivity index (χ4v) is 1.41. The summed E-state index contributed by atoms with van der Waals surface area (Å²) in [6, 6.07) is 0. The molecule has 0 atom stereocenters. The van der Waals surface area contributed by atoms with E-state index in [1.165, 1.54) is 0 Å². The van der Waals surface area contributed by atoms with Crippen LogP contribution in [0.25, 0.3) is 0 Å². The fraction of sp³-hybridized carbons (Fsp3) is 0.333. The van der Waals surface area contributed by atoms with Gasteiger partial charge in [0.1, 0.15) is 0 Å². The molecule has 0 aromatic carbocycles. The lowest BCUT2D eigenvalue weighted by Crippen LogP contribution is -1.98. The number of hydrogen-bond acceptors (Lipinski definition) is 4. The Balaban J connectivity index is 3.20. The quantitative estimate of drug-likeness (QED) is 0.696. The molecule has 66 valence electrons. The Morgan fingerprint density at radius 1 is 0.917 bits per heavy atom. The molecule has 0 aliphatic rings. The van der Waals surface area contributed by atoms with Gasteiger partial charge < -0.3 is 0 Å². The average molecular weight is 208 g/mol. The third-order valence-electron chi connectivity index (χ3n) is 1.19. The molecule has 6 heteroatoms. The molecule has 1 rings (SSSR count). The Labute approximate surface area is 77.1 Å². The summed E-state index contributed by atoms with van der Waals surface area (Å²) in [6.07, 6.45) is 3.23. The molecule has 12 heavy (non-hydrogen) atoms. The molecule has 0 bridgehead atoms. The fourth-order valence-electron chi connectivity index (χ4n) is 0.627. The molecule has 1 aromatic heterocycles. The van der Waals surface area contributed by atoms with Gasteiger partial charge in [-0.3, -0.25) is 0 Å².